The van der Waals surface area contributed by atoms with Gasteiger partial charge in [0, 0.05) is 38.4 Å². The summed E-state index contributed by atoms with van der Waals surface area (Å²) in [6, 6.07) is 6.42. The van der Waals surface area contributed by atoms with E-state index in [1.54, 1.807) is 7.05 Å². The maximum atomic E-state index is 12.3. The highest BCUT2D eigenvalue weighted by atomic mass is 16.5. The van der Waals surface area contributed by atoms with Crippen molar-refractivity contribution in [2.24, 2.45) is 5.92 Å². The van der Waals surface area contributed by atoms with Gasteiger partial charge < -0.3 is 50.6 Å². The first-order valence-corrected chi connectivity index (χ1v) is 18.4. The van der Waals surface area contributed by atoms with Gasteiger partial charge in [-0.1, -0.05) is 57.9 Å². The van der Waals surface area contributed by atoms with E-state index in [2.05, 4.69) is 26.6 Å². The average molecular weight is 752 g/mol. The molecular weight excluding hydrogens is 690 g/mol. The molecular formula is C37H61N5O11. The summed E-state index contributed by atoms with van der Waals surface area (Å²) in [6.07, 6.45) is 3.33. The van der Waals surface area contributed by atoms with Gasteiger partial charge in [0.2, 0.25) is 23.6 Å². The zero-order valence-electron chi connectivity index (χ0n) is 31.8. The van der Waals surface area contributed by atoms with E-state index in [0.29, 0.717) is 19.4 Å². The smallest absolute Gasteiger partial charge is 0.326 e. The van der Waals surface area contributed by atoms with E-state index in [4.69, 9.17) is 18.9 Å². The molecule has 0 heterocycles. The summed E-state index contributed by atoms with van der Waals surface area (Å²) in [6.45, 7) is 7.72. The van der Waals surface area contributed by atoms with Crippen molar-refractivity contribution in [2.75, 3.05) is 73.0 Å². The molecule has 0 saturated heterocycles. The van der Waals surface area contributed by atoms with E-state index in [-0.39, 0.29) is 127 Å². The van der Waals surface area contributed by atoms with Gasteiger partial charge in [0.1, 0.15) is 19.3 Å². The van der Waals surface area contributed by atoms with Crippen LogP contribution < -0.4 is 26.6 Å². The van der Waals surface area contributed by atoms with Crippen molar-refractivity contribution >= 4 is 35.4 Å². The number of ether oxygens (including phenoxy) is 4. The van der Waals surface area contributed by atoms with Gasteiger partial charge in [-0.2, -0.15) is 0 Å². The molecule has 0 aliphatic rings. The standard InChI is InChI=1S/C37H61N5O11/c1-5-6-7-8-33(44)42-30(37(48)49)13-14-32(43)39-15-17-50-19-21-52-25-34(45)40-16-18-51-20-22-53-26-35(46)41-24-29-11-9-28(10-12-29)23-31(38-4)36(47)27(2)3/h9-12,27,30-31,38H,5-8,13-26H2,1-4H3,(H,39,43)(H,40,45)(H,41,46)(H,42,44)(H,48,49)/t30-,31?/m0/s1. The summed E-state index contributed by atoms with van der Waals surface area (Å²) in [5.41, 5.74) is 1.97. The maximum absolute atomic E-state index is 12.3. The lowest BCUT2D eigenvalue weighted by Gasteiger charge is -2.17. The minimum absolute atomic E-state index is 0.0137. The second-order valence-electron chi connectivity index (χ2n) is 12.7. The molecule has 4 amide bonds. The topological polar surface area (TPSA) is 220 Å². The first-order chi connectivity index (χ1) is 25.5. The zero-order valence-corrected chi connectivity index (χ0v) is 31.8. The average Bonchev–Trinajstić information content (AvgIpc) is 3.13. The Labute approximate surface area is 313 Å². The quantitative estimate of drug-likeness (QED) is 0.0566. The third-order valence-corrected chi connectivity index (χ3v) is 7.86. The molecule has 6 N–H and O–H groups in total. The summed E-state index contributed by atoms with van der Waals surface area (Å²) in [4.78, 5) is 71.6. The number of Topliss-reactive ketones (excluding diaryl/α,β-unsaturated/α-hetero) is 1. The van der Waals surface area contributed by atoms with Crippen LogP contribution in [0.1, 0.15) is 70.4 Å². The lowest BCUT2D eigenvalue weighted by molar-refractivity contribution is -0.142. The maximum Gasteiger partial charge on any atom is 0.326 e. The van der Waals surface area contributed by atoms with Crippen LogP contribution in [0.25, 0.3) is 0 Å². The molecule has 16 heteroatoms. The largest absolute Gasteiger partial charge is 0.480 e. The van der Waals surface area contributed by atoms with Crippen molar-refractivity contribution in [3.05, 3.63) is 35.4 Å². The van der Waals surface area contributed by atoms with E-state index in [9.17, 15) is 33.9 Å². The molecule has 0 saturated carbocycles. The number of hydrogen-bond acceptors (Lipinski definition) is 11. The van der Waals surface area contributed by atoms with Crippen LogP contribution in [0.2, 0.25) is 0 Å². The molecule has 0 bridgehead atoms. The van der Waals surface area contributed by atoms with Crippen LogP contribution >= 0.6 is 0 Å². The second kappa shape index (κ2) is 29.5. The lowest BCUT2D eigenvalue weighted by Crippen LogP contribution is -2.41. The van der Waals surface area contributed by atoms with Crippen molar-refractivity contribution in [1.29, 1.82) is 0 Å². The predicted octanol–water partition coefficient (Wildman–Crippen LogP) is 0.887. The number of aliphatic carboxylic acids is 1. The Morgan fingerprint density at radius 3 is 1.75 bits per heavy atom. The van der Waals surface area contributed by atoms with Gasteiger partial charge in [0.25, 0.3) is 0 Å². The number of ketones is 1. The Kier molecular flexibility index (Phi) is 26.2. The van der Waals surface area contributed by atoms with Gasteiger partial charge in [0.05, 0.1) is 45.7 Å². The Morgan fingerprint density at radius 2 is 1.21 bits per heavy atom. The number of hydrogen-bond donors (Lipinski definition) is 6. The molecule has 1 unspecified atom stereocenters. The number of unbranched alkanes of at least 4 members (excludes halogenated alkanes) is 2. The number of carboxylic acid groups (broad SMARTS) is 1. The van der Waals surface area contributed by atoms with Crippen LogP contribution in [-0.2, 0) is 60.7 Å². The lowest BCUT2D eigenvalue weighted by atomic mass is 9.95. The van der Waals surface area contributed by atoms with Gasteiger partial charge in [-0.25, -0.2) is 4.79 Å². The van der Waals surface area contributed by atoms with E-state index < -0.39 is 12.0 Å². The van der Waals surface area contributed by atoms with Crippen LogP contribution in [0.4, 0.5) is 0 Å². The third-order valence-electron chi connectivity index (χ3n) is 7.86. The number of nitrogens with one attached hydrogen (secondary N) is 5. The van der Waals surface area contributed by atoms with Gasteiger partial charge in [-0.15, -0.1) is 0 Å². The molecule has 0 fully saturated rings. The SMILES string of the molecule is CCCCCC(=O)N[C@@H](CCC(=O)NCCOCCOCC(=O)NCCOCCOCC(=O)NCc1ccc(CC(NC)C(=O)C(C)C)cc1)C(=O)O. The fourth-order valence-electron chi connectivity index (χ4n) is 4.80. The Bertz CT molecular complexity index is 1230. The molecule has 0 spiro atoms. The number of benzene rings is 1. The van der Waals surface area contributed by atoms with Crippen molar-refractivity contribution < 1.29 is 52.8 Å². The molecule has 0 aromatic heterocycles. The number of likely N-dealkylation sites (N-methyl/N-ethyl adjacent to an activating group) is 1. The van der Waals surface area contributed by atoms with Crippen molar-refractivity contribution in [2.45, 2.75) is 84.3 Å². The minimum atomic E-state index is -1.18. The van der Waals surface area contributed by atoms with Crippen LogP contribution in [0.3, 0.4) is 0 Å². The van der Waals surface area contributed by atoms with E-state index in [0.717, 1.165) is 24.0 Å². The van der Waals surface area contributed by atoms with Gasteiger partial charge in [-0.3, -0.25) is 24.0 Å². The number of amides is 4. The zero-order chi connectivity index (χ0) is 39.3. The van der Waals surface area contributed by atoms with Crippen LogP contribution in [-0.4, -0.2) is 126 Å². The number of carbonyl (C=O) groups excluding carboxylic acids is 5. The second-order valence-corrected chi connectivity index (χ2v) is 12.7. The molecule has 1 aromatic carbocycles. The number of carbonyl (C=O) groups is 6. The predicted molar refractivity (Wildman–Crippen MR) is 197 cm³/mol. The Morgan fingerprint density at radius 1 is 0.660 bits per heavy atom. The highest BCUT2D eigenvalue weighted by Crippen LogP contribution is 2.10. The van der Waals surface area contributed by atoms with Gasteiger partial charge in [0.15, 0.2) is 5.78 Å². The Balaban J connectivity index is 1.99. The summed E-state index contributed by atoms with van der Waals surface area (Å²) < 4.78 is 21.4. The molecule has 0 radical (unpaired) electrons. The minimum Gasteiger partial charge on any atom is -0.480 e. The molecule has 2 atom stereocenters. The summed E-state index contributed by atoms with van der Waals surface area (Å²) in [5, 5.41) is 22.9. The molecule has 0 aliphatic carbocycles. The van der Waals surface area contributed by atoms with E-state index in [1.807, 2.05) is 45.0 Å². The molecule has 0 aliphatic heterocycles. The fourth-order valence-corrected chi connectivity index (χ4v) is 4.80. The normalized spacial score (nSPS) is 12.2. The highest BCUT2D eigenvalue weighted by molar-refractivity contribution is 5.86. The highest BCUT2D eigenvalue weighted by Gasteiger charge is 2.21. The van der Waals surface area contributed by atoms with Gasteiger partial charge in [-0.05, 0) is 37.4 Å². The first-order valence-electron chi connectivity index (χ1n) is 18.4. The van der Waals surface area contributed by atoms with Crippen LogP contribution in [0, 0.1) is 5.92 Å². The Hall–Kier alpha value is -3.96. The summed E-state index contributed by atoms with van der Waals surface area (Å²) in [5.74, 6) is -2.29. The van der Waals surface area contributed by atoms with Crippen molar-refractivity contribution in [3.8, 4) is 0 Å². The monoisotopic (exact) mass is 751 g/mol. The van der Waals surface area contributed by atoms with E-state index in [1.165, 1.54) is 0 Å². The summed E-state index contributed by atoms with van der Waals surface area (Å²) >= 11 is 0. The summed E-state index contributed by atoms with van der Waals surface area (Å²) in [7, 11) is 1.79. The third kappa shape index (κ3) is 24.1. The van der Waals surface area contributed by atoms with Crippen molar-refractivity contribution in [1.82, 2.24) is 26.6 Å². The van der Waals surface area contributed by atoms with Crippen molar-refractivity contribution in [3.63, 3.8) is 0 Å². The first kappa shape index (κ1) is 47.1. The molecule has 53 heavy (non-hydrogen) atoms. The van der Waals surface area contributed by atoms with E-state index >= 15 is 0 Å². The molecule has 16 nitrogen and oxygen atoms in total. The molecule has 1 aromatic rings. The van der Waals surface area contributed by atoms with Gasteiger partial charge >= 0.3 is 5.97 Å². The van der Waals surface area contributed by atoms with Crippen LogP contribution in [0.15, 0.2) is 24.3 Å². The number of carboxylic acids is 1. The number of rotatable bonds is 32. The molecule has 300 valence electrons. The van der Waals surface area contributed by atoms with Crippen LogP contribution in [0.5, 0.6) is 0 Å². The fraction of sp³-hybridized carbons (Fsp3) is 0.676. The molecule has 1 rings (SSSR count).